The molecule has 4 heteroatoms. The summed E-state index contributed by atoms with van der Waals surface area (Å²) in [7, 11) is 1.81. The van der Waals surface area contributed by atoms with Crippen molar-refractivity contribution in [2.45, 2.75) is 45.4 Å². The van der Waals surface area contributed by atoms with E-state index in [1.807, 2.05) is 39.6 Å². The molecule has 0 saturated carbocycles. The molecular weight excluding hydrogens is 192 g/mol. The maximum absolute atomic E-state index is 12.1. The Hall–Kier alpha value is -0.610. The number of morpholine rings is 1. The van der Waals surface area contributed by atoms with Crippen LogP contribution in [-0.2, 0) is 9.53 Å². The second-order valence-corrected chi connectivity index (χ2v) is 4.84. The number of amides is 1. The van der Waals surface area contributed by atoms with Gasteiger partial charge in [-0.25, -0.2) is 0 Å². The quantitative estimate of drug-likeness (QED) is 0.732. The van der Waals surface area contributed by atoms with Crippen molar-refractivity contribution in [3.63, 3.8) is 0 Å². The molecule has 0 aromatic heterocycles. The number of hydrogen-bond donors (Lipinski definition) is 1. The number of nitrogens with zero attached hydrogens (tertiary/aromatic N) is 1. The number of ether oxygens (including phenoxy) is 1. The summed E-state index contributed by atoms with van der Waals surface area (Å²) in [6, 6.07) is 0. The number of hydrogen-bond acceptors (Lipinski definition) is 3. The van der Waals surface area contributed by atoms with Crippen LogP contribution < -0.4 is 5.32 Å². The summed E-state index contributed by atoms with van der Waals surface area (Å²) in [6.07, 6.45) is 0.260. The van der Waals surface area contributed by atoms with E-state index in [0.29, 0.717) is 13.1 Å². The van der Waals surface area contributed by atoms with Gasteiger partial charge >= 0.3 is 0 Å². The van der Waals surface area contributed by atoms with E-state index in [0.717, 1.165) is 0 Å². The van der Waals surface area contributed by atoms with E-state index in [2.05, 4.69) is 5.32 Å². The highest BCUT2D eigenvalue weighted by atomic mass is 16.5. The summed E-state index contributed by atoms with van der Waals surface area (Å²) >= 11 is 0. The van der Waals surface area contributed by atoms with Crippen molar-refractivity contribution >= 4 is 5.91 Å². The van der Waals surface area contributed by atoms with Crippen LogP contribution in [0.25, 0.3) is 0 Å². The van der Waals surface area contributed by atoms with Crippen molar-refractivity contribution in [3.05, 3.63) is 0 Å². The molecular formula is C11H22N2O2. The Morgan fingerprint density at radius 1 is 1.33 bits per heavy atom. The normalized spacial score (nSPS) is 27.9. The zero-order chi connectivity index (χ0) is 11.6. The van der Waals surface area contributed by atoms with Crippen molar-refractivity contribution in [2.75, 3.05) is 20.1 Å². The van der Waals surface area contributed by atoms with Crippen LogP contribution in [0.3, 0.4) is 0 Å². The molecule has 0 spiro atoms. The number of carbonyl (C=O) groups is 1. The van der Waals surface area contributed by atoms with Gasteiger partial charge in [0.15, 0.2) is 0 Å². The SMILES string of the molecule is CNC(C)(C)C(=O)N1CC(C)OC(C)C1. The second kappa shape index (κ2) is 4.49. The average molecular weight is 214 g/mol. The number of carbonyl (C=O) groups excluding carboxylic acids is 1. The first-order valence-corrected chi connectivity index (χ1v) is 5.50. The van der Waals surface area contributed by atoms with Gasteiger partial charge in [0.05, 0.1) is 17.7 Å². The highest BCUT2D eigenvalue weighted by Crippen LogP contribution is 2.15. The predicted octanol–water partition coefficient (Wildman–Crippen LogP) is 0.620. The molecule has 1 aliphatic heterocycles. The molecule has 0 radical (unpaired) electrons. The molecule has 2 unspecified atom stereocenters. The van der Waals surface area contributed by atoms with Crippen molar-refractivity contribution in [3.8, 4) is 0 Å². The molecule has 0 aromatic rings. The Morgan fingerprint density at radius 3 is 2.20 bits per heavy atom. The van der Waals surface area contributed by atoms with E-state index in [9.17, 15) is 4.79 Å². The van der Waals surface area contributed by atoms with Crippen LogP contribution in [0.15, 0.2) is 0 Å². The molecule has 1 amide bonds. The van der Waals surface area contributed by atoms with Crippen molar-refractivity contribution < 1.29 is 9.53 Å². The molecule has 1 fully saturated rings. The molecule has 2 atom stereocenters. The molecule has 0 bridgehead atoms. The van der Waals surface area contributed by atoms with Crippen LogP contribution in [0.5, 0.6) is 0 Å². The van der Waals surface area contributed by atoms with Gasteiger partial charge in [-0.05, 0) is 34.7 Å². The molecule has 1 aliphatic rings. The van der Waals surface area contributed by atoms with Crippen LogP contribution >= 0.6 is 0 Å². The third-order valence-electron chi connectivity index (χ3n) is 2.87. The van der Waals surface area contributed by atoms with E-state index < -0.39 is 5.54 Å². The summed E-state index contributed by atoms with van der Waals surface area (Å²) in [5.41, 5.74) is -0.489. The third kappa shape index (κ3) is 2.92. The summed E-state index contributed by atoms with van der Waals surface area (Å²) in [6.45, 7) is 9.19. The largest absolute Gasteiger partial charge is 0.372 e. The van der Waals surface area contributed by atoms with Gasteiger partial charge in [-0.1, -0.05) is 0 Å². The van der Waals surface area contributed by atoms with E-state index in [4.69, 9.17) is 4.74 Å². The monoisotopic (exact) mass is 214 g/mol. The Balaban J connectivity index is 2.67. The Morgan fingerprint density at radius 2 is 1.80 bits per heavy atom. The topological polar surface area (TPSA) is 41.6 Å². The van der Waals surface area contributed by atoms with Gasteiger partial charge in [0.25, 0.3) is 0 Å². The van der Waals surface area contributed by atoms with E-state index in [-0.39, 0.29) is 18.1 Å². The van der Waals surface area contributed by atoms with Gasteiger partial charge in [0.1, 0.15) is 0 Å². The maximum atomic E-state index is 12.1. The standard InChI is InChI=1S/C11H22N2O2/c1-8-6-13(7-9(2)15-8)10(14)11(3,4)12-5/h8-9,12H,6-7H2,1-5H3. The minimum atomic E-state index is -0.489. The van der Waals surface area contributed by atoms with Crippen LogP contribution in [-0.4, -0.2) is 48.7 Å². The molecule has 1 heterocycles. The van der Waals surface area contributed by atoms with Crippen molar-refractivity contribution in [1.29, 1.82) is 0 Å². The molecule has 15 heavy (non-hydrogen) atoms. The Labute approximate surface area is 92.0 Å². The summed E-state index contributed by atoms with van der Waals surface area (Å²) < 4.78 is 5.60. The molecule has 88 valence electrons. The van der Waals surface area contributed by atoms with E-state index >= 15 is 0 Å². The molecule has 1 N–H and O–H groups in total. The number of likely N-dealkylation sites (N-methyl/N-ethyl adjacent to an activating group) is 1. The zero-order valence-corrected chi connectivity index (χ0v) is 10.3. The van der Waals surface area contributed by atoms with Crippen LogP contribution in [0.2, 0.25) is 0 Å². The Bertz CT molecular complexity index is 231. The molecule has 1 saturated heterocycles. The maximum Gasteiger partial charge on any atom is 0.242 e. The third-order valence-corrected chi connectivity index (χ3v) is 2.87. The smallest absolute Gasteiger partial charge is 0.242 e. The molecule has 0 aliphatic carbocycles. The summed E-state index contributed by atoms with van der Waals surface area (Å²) in [5.74, 6) is 0.145. The van der Waals surface area contributed by atoms with E-state index in [1.54, 1.807) is 0 Å². The molecule has 0 aromatic carbocycles. The Kier molecular flexibility index (Phi) is 3.73. The van der Waals surface area contributed by atoms with Crippen LogP contribution in [0.4, 0.5) is 0 Å². The lowest BCUT2D eigenvalue weighted by Crippen LogP contribution is -2.58. The minimum absolute atomic E-state index is 0.130. The lowest BCUT2D eigenvalue weighted by Gasteiger charge is -2.39. The van der Waals surface area contributed by atoms with Gasteiger partial charge in [0, 0.05) is 13.1 Å². The van der Waals surface area contributed by atoms with Crippen LogP contribution in [0, 0.1) is 0 Å². The second-order valence-electron chi connectivity index (χ2n) is 4.84. The van der Waals surface area contributed by atoms with Crippen molar-refractivity contribution in [1.82, 2.24) is 10.2 Å². The average Bonchev–Trinajstić information content (AvgIpc) is 2.15. The first-order chi connectivity index (χ1) is 6.86. The lowest BCUT2D eigenvalue weighted by atomic mass is 10.0. The fourth-order valence-corrected chi connectivity index (χ4v) is 1.85. The highest BCUT2D eigenvalue weighted by Gasteiger charge is 2.34. The molecule has 1 rings (SSSR count). The number of nitrogens with one attached hydrogen (secondary N) is 1. The van der Waals surface area contributed by atoms with Gasteiger partial charge in [0.2, 0.25) is 5.91 Å². The first-order valence-electron chi connectivity index (χ1n) is 5.50. The van der Waals surface area contributed by atoms with Crippen LogP contribution in [0.1, 0.15) is 27.7 Å². The minimum Gasteiger partial charge on any atom is -0.372 e. The van der Waals surface area contributed by atoms with Gasteiger partial charge in [-0.2, -0.15) is 0 Å². The van der Waals surface area contributed by atoms with Gasteiger partial charge < -0.3 is 15.0 Å². The van der Waals surface area contributed by atoms with Crippen molar-refractivity contribution in [2.24, 2.45) is 0 Å². The summed E-state index contributed by atoms with van der Waals surface area (Å²) in [4.78, 5) is 14.0. The fraction of sp³-hybridized carbons (Fsp3) is 0.909. The molecule has 4 nitrogen and oxygen atoms in total. The first kappa shape index (κ1) is 12.5. The van der Waals surface area contributed by atoms with Gasteiger partial charge in [-0.3, -0.25) is 4.79 Å². The highest BCUT2D eigenvalue weighted by molar-refractivity contribution is 5.85. The van der Waals surface area contributed by atoms with E-state index in [1.165, 1.54) is 0 Å². The number of rotatable bonds is 2. The lowest BCUT2D eigenvalue weighted by molar-refractivity contribution is -0.148. The fourth-order valence-electron chi connectivity index (χ4n) is 1.85. The zero-order valence-electron chi connectivity index (χ0n) is 10.3. The van der Waals surface area contributed by atoms with Gasteiger partial charge in [-0.15, -0.1) is 0 Å². The predicted molar refractivity (Wildman–Crippen MR) is 59.7 cm³/mol. The summed E-state index contributed by atoms with van der Waals surface area (Å²) in [5, 5.41) is 3.04.